The number of hydrogen-bond acceptors (Lipinski definition) is 3. The first-order chi connectivity index (χ1) is 10.1. The summed E-state index contributed by atoms with van der Waals surface area (Å²) in [7, 11) is 0. The van der Waals surface area contributed by atoms with Crippen molar-refractivity contribution in [2.45, 2.75) is 6.42 Å². The van der Waals surface area contributed by atoms with Gasteiger partial charge in [0.2, 0.25) is 5.91 Å². The van der Waals surface area contributed by atoms with Gasteiger partial charge in [-0.2, -0.15) is 0 Å². The van der Waals surface area contributed by atoms with Gasteiger partial charge in [-0.15, -0.1) is 0 Å². The lowest BCUT2D eigenvalue weighted by atomic mass is 10.1. The van der Waals surface area contributed by atoms with E-state index in [-0.39, 0.29) is 22.7 Å². The lowest BCUT2D eigenvalue weighted by Crippen LogP contribution is -2.42. The van der Waals surface area contributed by atoms with Crippen LogP contribution in [0.1, 0.15) is 16.1 Å². The van der Waals surface area contributed by atoms with Gasteiger partial charge in [0.1, 0.15) is 11.5 Å². The zero-order valence-corrected chi connectivity index (χ0v) is 11.5. The number of halogens is 2. The minimum atomic E-state index is -0.591. The number of carbonyl (C=O) groups excluding carboxylic acids is 2. The van der Waals surface area contributed by atoms with Gasteiger partial charge in [0.15, 0.2) is 0 Å². The highest BCUT2D eigenvalue weighted by molar-refractivity contribution is 6.31. The molecular weight excluding hydrogens is 297 g/mol. The Bertz CT molecular complexity index is 644. The summed E-state index contributed by atoms with van der Waals surface area (Å²) in [5, 5.41) is 0.154. The predicted molar refractivity (Wildman–Crippen MR) is 75.0 cm³/mol. The van der Waals surface area contributed by atoms with Crippen LogP contribution >= 0.6 is 11.6 Å². The molecule has 0 radical (unpaired) electrons. The molecule has 5 nitrogen and oxygen atoms in total. The number of aromatic nitrogens is 1. The first kappa shape index (κ1) is 14.9. The number of hydrazine groups is 1. The maximum absolute atomic E-state index is 13.5. The van der Waals surface area contributed by atoms with Crippen molar-refractivity contribution >= 4 is 23.4 Å². The van der Waals surface area contributed by atoms with Crippen molar-refractivity contribution in [2.24, 2.45) is 0 Å². The molecule has 2 N–H and O–H groups in total. The summed E-state index contributed by atoms with van der Waals surface area (Å²) in [5.74, 6) is -1.73. The summed E-state index contributed by atoms with van der Waals surface area (Å²) in [6.07, 6.45) is 1.17. The van der Waals surface area contributed by atoms with E-state index in [1.807, 2.05) is 0 Å². The molecule has 1 aromatic carbocycles. The molecule has 0 bridgehead atoms. The zero-order valence-electron chi connectivity index (χ0n) is 10.8. The van der Waals surface area contributed by atoms with E-state index in [2.05, 4.69) is 15.8 Å². The van der Waals surface area contributed by atoms with Gasteiger partial charge in [-0.3, -0.25) is 25.4 Å². The van der Waals surface area contributed by atoms with Crippen molar-refractivity contribution in [3.8, 4) is 0 Å². The largest absolute Gasteiger partial charge is 0.288 e. The van der Waals surface area contributed by atoms with Crippen LogP contribution in [0.5, 0.6) is 0 Å². The van der Waals surface area contributed by atoms with Crippen LogP contribution in [0.4, 0.5) is 4.39 Å². The van der Waals surface area contributed by atoms with E-state index >= 15 is 0 Å². The molecule has 1 heterocycles. The van der Waals surface area contributed by atoms with E-state index in [1.54, 1.807) is 12.1 Å². The van der Waals surface area contributed by atoms with E-state index in [4.69, 9.17) is 11.6 Å². The van der Waals surface area contributed by atoms with Crippen molar-refractivity contribution < 1.29 is 14.0 Å². The van der Waals surface area contributed by atoms with Crippen molar-refractivity contribution in [1.82, 2.24) is 15.8 Å². The average molecular weight is 308 g/mol. The third kappa shape index (κ3) is 4.00. The molecule has 21 heavy (non-hydrogen) atoms. The summed E-state index contributed by atoms with van der Waals surface area (Å²) in [4.78, 5) is 27.2. The Hall–Kier alpha value is -2.47. The van der Waals surface area contributed by atoms with Gasteiger partial charge in [-0.25, -0.2) is 4.39 Å². The van der Waals surface area contributed by atoms with E-state index in [0.29, 0.717) is 0 Å². The Morgan fingerprint density at radius 2 is 1.95 bits per heavy atom. The number of hydrogen-bond donors (Lipinski definition) is 2. The van der Waals surface area contributed by atoms with Gasteiger partial charge in [0.25, 0.3) is 5.91 Å². The molecule has 2 aromatic rings. The second kappa shape index (κ2) is 6.81. The number of nitrogens with one attached hydrogen (secondary N) is 2. The van der Waals surface area contributed by atoms with Crippen molar-refractivity contribution in [3.63, 3.8) is 0 Å². The zero-order chi connectivity index (χ0) is 15.2. The lowest BCUT2D eigenvalue weighted by Gasteiger charge is -2.08. The molecule has 0 aliphatic carbocycles. The third-order valence-electron chi connectivity index (χ3n) is 2.61. The monoisotopic (exact) mass is 307 g/mol. The molecule has 7 heteroatoms. The van der Waals surface area contributed by atoms with Crippen LogP contribution in [0.2, 0.25) is 5.02 Å². The molecule has 1 aromatic heterocycles. The minimum absolute atomic E-state index is 0.0729. The summed E-state index contributed by atoms with van der Waals surface area (Å²) >= 11 is 5.81. The second-order valence-electron chi connectivity index (χ2n) is 4.09. The number of nitrogens with zero attached hydrogens (tertiary/aromatic N) is 1. The summed E-state index contributed by atoms with van der Waals surface area (Å²) in [5.41, 5.74) is 4.60. The fraction of sp³-hybridized carbons (Fsp3) is 0.0714. The van der Waals surface area contributed by atoms with Crippen molar-refractivity contribution in [3.05, 3.63) is 64.7 Å². The van der Waals surface area contributed by atoms with Crippen LogP contribution in [0.15, 0.2) is 42.6 Å². The smallest absolute Gasteiger partial charge is 0.273 e. The van der Waals surface area contributed by atoms with E-state index in [9.17, 15) is 14.0 Å². The maximum atomic E-state index is 13.5. The number of carbonyl (C=O) groups is 2. The summed E-state index contributed by atoms with van der Waals surface area (Å²) in [6.45, 7) is 0. The topological polar surface area (TPSA) is 71.1 Å². The highest BCUT2D eigenvalue weighted by atomic mass is 35.5. The van der Waals surface area contributed by atoms with Gasteiger partial charge in [0, 0.05) is 16.8 Å². The number of pyridine rings is 1. The molecule has 0 unspecified atom stereocenters. The van der Waals surface area contributed by atoms with Gasteiger partial charge in [0.05, 0.1) is 6.42 Å². The Kier molecular flexibility index (Phi) is 4.84. The third-order valence-corrected chi connectivity index (χ3v) is 2.97. The molecule has 108 valence electrons. The molecule has 0 fully saturated rings. The van der Waals surface area contributed by atoms with E-state index in [1.165, 1.54) is 30.5 Å². The van der Waals surface area contributed by atoms with Gasteiger partial charge < -0.3 is 0 Å². The second-order valence-corrected chi connectivity index (χ2v) is 4.50. The van der Waals surface area contributed by atoms with E-state index < -0.39 is 17.6 Å². The Morgan fingerprint density at radius 1 is 1.14 bits per heavy atom. The van der Waals surface area contributed by atoms with Gasteiger partial charge in [-0.1, -0.05) is 23.7 Å². The number of benzene rings is 1. The van der Waals surface area contributed by atoms with Crippen LogP contribution in [-0.4, -0.2) is 16.8 Å². The molecular formula is C14H11ClFN3O2. The Balaban J connectivity index is 1.92. The molecule has 0 saturated heterocycles. The molecule has 0 atom stereocenters. The summed E-state index contributed by atoms with van der Waals surface area (Å²) in [6, 6.07) is 8.94. The highest BCUT2D eigenvalue weighted by Gasteiger charge is 2.13. The summed E-state index contributed by atoms with van der Waals surface area (Å²) < 4.78 is 13.5. The Labute approximate surface area is 125 Å². The van der Waals surface area contributed by atoms with Crippen LogP contribution in [-0.2, 0) is 11.2 Å². The van der Waals surface area contributed by atoms with Crippen LogP contribution in [0.25, 0.3) is 0 Å². The van der Waals surface area contributed by atoms with E-state index in [0.717, 1.165) is 0 Å². The molecule has 0 aliphatic rings. The Morgan fingerprint density at radius 3 is 2.62 bits per heavy atom. The number of rotatable bonds is 3. The standard InChI is InChI=1S/C14H11ClFN3O2/c15-10-4-3-5-11(16)9(10)8-13(20)18-19-14(21)12-6-1-2-7-17-12/h1-7H,8H2,(H,18,20)(H,19,21). The fourth-order valence-corrected chi connectivity index (χ4v) is 1.82. The molecule has 0 spiro atoms. The normalized spacial score (nSPS) is 10.0. The van der Waals surface area contributed by atoms with Crippen molar-refractivity contribution in [2.75, 3.05) is 0 Å². The average Bonchev–Trinajstić information content (AvgIpc) is 2.49. The van der Waals surface area contributed by atoms with Crippen LogP contribution in [0.3, 0.4) is 0 Å². The lowest BCUT2D eigenvalue weighted by molar-refractivity contribution is -0.121. The highest BCUT2D eigenvalue weighted by Crippen LogP contribution is 2.19. The molecule has 2 amide bonds. The van der Waals surface area contributed by atoms with Crippen molar-refractivity contribution in [1.29, 1.82) is 0 Å². The first-order valence-electron chi connectivity index (χ1n) is 6.01. The van der Waals surface area contributed by atoms with Gasteiger partial charge in [-0.05, 0) is 24.3 Å². The van der Waals surface area contributed by atoms with Gasteiger partial charge >= 0.3 is 0 Å². The minimum Gasteiger partial charge on any atom is -0.273 e. The van der Waals surface area contributed by atoms with Crippen LogP contribution < -0.4 is 10.9 Å². The first-order valence-corrected chi connectivity index (χ1v) is 6.39. The quantitative estimate of drug-likeness (QED) is 0.851. The SMILES string of the molecule is O=C(Cc1c(F)cccc1Cl)NNC(=O)c1ccccn1. The predicted octanol–water partition coefficient (Wildman–Crippen LogP) is 1.88. The molecule has 0 aliphatic heterocycles. The maximum Gasteiger partial charge on any atom is 0.288 e. The number of amides is 2. The fourth-order valence-electron chi connectivity index (χ4n) is 1.59. The molecule has 0 saturated carbocycles. The molecule has 2 rings (SSSR count). The van der Waals surface area contributed by atoms with Crippen LogP contribution in [0, 0.1) is 5.82 Å².